The van der Waals surface area contributed by atoms with Crippen molar-refractivity contribution in [3.63, 3.8) is 0 Å². The van der Waals surface area contributed by atoms with E-state index in [1.165, 1.54) is 0 Å². The molecular weight excluding hydrogens is 192 g/mol. The van der Waals surface area contributed by atoms with Crippen molar-refractivity contribution in [3.8, 4) is 5.88 Å². The Balaban J connectivity index is 2.94. The molecule has 0 aliphatic heterocycles. The van der Waals surface area contributed by atoms with E-state index in [9.17, 15) is 9.59 Å². The predicted octanol–water partition coefficient (Wildman–Crippen LogP) is -1.14. The maximum atomic E-state index is 11.1. The summed E-state index contributed by atoms with van der Waals surface area (Å²) in [7, 11) is 1.16. The van der Waals surface area contributed by atoms with Crippen LogP contribution < -0.4 is 10.3 Å². The summed E-state index contributed by atoms with van der Waals surface area (Å²) in [5.41, 5.74) is -0.856. The van der Waals surface area contributed by atoms with Crippen LogP contribution in [0.1, 0.15) is 10.4 Å². The van der Waals surface area contributed by atoms with Gasteiger partial charge in [0, 0.05) is 0 Å². The number of ether oxygens (including phenoxy) is 2. The lowest BCUT2D eigenvalue weighted by molar-refractivity contribution is 0.0593. The minimum atomic E-state index is -0.791. The summed E-state index contributed by atoms with van der Waals surface area (Å²) in [5, 5.41) is 13.0. The average molecular weight is 202 g/mol. The van der Waals surface area contributed by atoms with Gasteiger partial charge in [-0.3, -0.25) is 15.0 Å². The molecule has 7 nitrogen and oxygen atoms in total. The third-order valence-electron chi connectivity index (χ3n) is 1.47. The van der Waals surface area contributed by atoms with Crippen molar-refractivity contribution < 1.29 is 19.4 Å². The van der Waals surface area contributed by atoms with E-state index in [1.54, 1.807) is 0 Å². The highest BCUT2D eigenvalue weighted by Gasteiger charge is 2.19. The van der Waals surface area contributed by atoms with E-state index in [4.69, 9.17) is 9.84 Å². The number of hydrogen-bond donors (Lipinski definition) is 3. The molecule has 0 amide bonds. The lowest BCUT2D eigenvalue weighted by Crippen LogP contribution is -2.15. The molecule has 1 aromatic heterocycles. The van der Waals surface area contributed by atoms with Crippen LogP contribution >= 0.6 is 0 Å². The van der Waals surface area contributed by atoms with Crippen LogP contribution in [0.5, 0.6) is 5.88 Å². The zero-order valence-corrected chi connectivity index (χ0v) is 7.49. The topological polar surface area (TPSA) is 104 Å². The van der Waals surface area contributed by atoms with Gasteiger partial charge in [-0.1, -0.05) is 0 Å². The Hall–Kier alpha value is -1.76. The Morgan fingerprint density at radius 2 is 2.21 bits per heavy atom. The first kappa shape index (κ1) is 10.3. The molecule has 3 N–H and O–H groups in total. The number of aliphatic hydroxyl groups excluding tert-OH is 1. The van der Waals surface area contributed by atoms with Crippen molar-refractivity contribution in [3.05, 3.63) is 15.9 Å². The SMILES string of the molecule is COC(=O)c1c(OCCO)[nH][nH]c1=O. The predicted molar refractivity (Wildman–Crippen MR) is 45.3 cm³/mol. The largest absolute Gasteiger partial charge is 0.475 e. The monoisotopic (exact) mass is 202 g/mol. The molecule has 0 unspecified atom stereocenters. The van der Waals surface area contributed by atoms with Crippen LogP contribution in [0.4, 0.5) is 0 Å². The second kappa shape index (κ2) is 4.47. The van der Waals surface area contributed by atoms with Crippen LogP contribution in [0, 0.1) is 0 Å². The van der Waals surface area contributed by atoms with Gasteiger partial charge in [-0.2, -0.15) is 0 Å². The summed E-state index contributed by atoms with van der Waals surface area (Å²) in [5.74, 6) is -0.823. The Kier molecular flexibility index (Phi) is 3.29. The standard InChI is InChI=1S/C7H10N2O5/c1-13-7(12)4-5(11)8-9-6(4)14-3-2-10/h10H,2-3H2,1H3,(H2,8,9,11). The molecule has 1 aromatic rings. The second-order valence-electron chi connectivity index (χ2n) is 2.35. The van der Waals surface area contributed by atoms with Crippen LogP contribution in [-0.4, -0.2) is 41.6 Å². The van der Waals surface area contributed by atoms with Gasteiger partial charge in [0.25, 0.3) is 5.56 Å². The quantitative estimate of drug-likeness (QED) is 0.535. The molecule has 0 saturated carbocycles. The highest BCUT2D eigenvalue weighted by molar-refractivity contribution is 5.91. The number of rotatable bonds is 4. The average Bonchev–Trinajstić information content (AvgIpc) is 2.55. The minimum absolute atomic E-state index is 0.0161. The van der Waals surface area contributed by atoms with Gasteiger partial charge in [0.05, 0.1) is 13.7 Å². The van der Waals surface area contributed by atoms with Gasteiger partial charge in [-0.25, -0.2) is 4.79 Å². The van der Waals surface area contributed by atoms with Crippen molar-refractivity contribution in [2.75, 3.05) is 20.3 Å². The molecule has 0 aliphatic rings. The third kappa shape index (κ3) is 1.94. The van der Waals surface area contributed by atoms with Gasteiger partial charge in [0.1, 0.15) is 6.61 Å². The fourth-order valence-electron chi connectivity index (χ4n) is 0.885. The lowest BCUT2D eigenvalue weighted by atomic mass is 10.3. The van der Waals surface area contributed by atoms with Gasteiger partial charge in [0.2, 0.25) is 5.88 Å². The van der Waals surface area contributed by atoms with E-state index in [0.29, 0.717) is 0 Å². The first-order valence-electron chi connectivity index (χ1n) is 3.83. The number of nitrogens with one attached hydrogen (secondary N) is 2. The molecule has 1 rings (SSSR count). The summed E-state index contributed by atoms with van der Waals surface area (Å²) < 4.78 is 9.27. The van der Waals surface area contributed by atoms with Crippen LogP contribution in [0.3, 0.4) is 0 Å². The summed E-state index contributed by atoms with van der Waals surface area (Å²) in [6.07, 6.45) is 0. The normalized spacial score (nSPS) is 9.86. The number of H-pyrrole nitrogens is 2. The van der Waals surface area contributed by atoms with Crippen molar-refractivity contribution in [1.29, 1.82) is 0 Å². The number of carbonyl (C=O) groups excluding carboxylic acids is 1. The van der Waals surface area contributed by atoms with Crippen molar-refractivity contribution in [1.82, 2.24) is 10.2 Å². The molecule has 0 aromatic carbocycles. The summed E-state index contributed by atoms with van der Waals surface area (Å²) >= 11 is 0. The molecule has 0 aliphatic carbocycles. The number of aromatic amines is 2. The molecule has 0 spiro atoms. The Labute approximate surface area is 78.6 Å². The van der Waals surface area contributed by atoms with Crippen molar-refractivity contribution >= 4 is 5.97 Å². The van der Waals surface area contributed by atoms with Crippen molar-refractivity contribution in [2.24, 2.45) is 0 Å². The zero-order chi connectivity index (χ0) is 10.6. The van der Waals surface area contributed by atoms with Gasteiger partial charge >= 0.3 is 5.97 Å². The Morgan fingerprint density at radius 1 is 1.50 bits per heavy atom. The Bertz CT molecular complexity index is 366. The van der Waals surface area contributed by atoms with E-state index < -0.39 is 11.5 Å². The molecule has 0 atom stereocenters. The number of aliphatic hydroxyl groups is 1. The molecule has 0 saturated heterocycles. The maximum absolute atomic E-state index is 11.1. The fourth-order valence-corrected chi connectivity index (χ4v) is 0.885. The van der Waals surface area contributed by atoms with E-state index in [2.05, 4.69) is 14.9 Å². The highest BCUT2D eigenvalue weighted by Crippen LogP contribution is 2.10. The molecule has 78 valence electrons. The van der Waals surface area contributed by atoms with Gasteiger partial charge in [0.15, 0.2) is 5.56 Å². The smallest absolute Gasteiger partial charge is 0.349 e. The highest BCUT2D eigenvalue weighted by atomic mass is 16.5. The summed E-state index contributed by atoms with van der Waals surface area (Å²) in [4.78, 5) is 22.1. The van der Waals surface area contributed by atoms with Gasteiger partial charge < -0.3 is 14.6 Å². The molecular formula is C7H10N2O5. The van der Waals surface area contributed by atoms with Gasteiger partial charge in [-0.15, -0.1) is 0 Å². The van der Waals surface area contributed by atoms with Crippen molar-refractivity contribution in [2.45, 2.75) is 0 Å². The lowest BCUT2D eigenvalue weighted by Gasteiger charge is -2.01. The number of methoxy groups -OCH3 is 1. The number of aromatic nitrogens is 2. The van der Waals surface area contributed by atoms with E-state index in [0.717, 1.165) is 7.11 Å². The van der Waals surface area contributed by atoms with Crippen LogP contribution in [0.2, 0.25) is 0 Å². The number of hydrogen-bond acceptors (Lipinski definition) is 5. The van der Waals surface area contributed by atoms with Crippen LogP contribution in [0.15, 0.2) is 4.79 Å². The number of esters is 1. The van der Waals surface area contributed by atoms with E-state index in [1.807, 2.05) is 0 Å². The Morgan fingerprint density at radius 3 is 2.79 bits per heavy atom. The first-order chi connectivity index (χ1) is 6.70. The van der Waals surface area contributed by atoms with E-state index >= 15 is 0 Å². The zero-order valence-electron chi connectivity index (χ0n) is 7.49. The number of carbonyl (C=O) groups is 1. The first-order valence-corrected chi connectivity index (χ1v) is 3.83. The molecule has 1 heterocycles. The molecule has 7 heteroatoms. The summed E-state index contributed by atoms with van der Waals surface area (Å²) in [6.45, 7) is -0.231. The molecule has 14 heavy (non-hydrogen) atoms. The van der Waals surface area contributed by atoms with E-state index in [-0.39, 0.29) is 24.7 Å². The molecule has 0 radical (unpaired) electrons. The third-order valence-corrected chi connectivity index (χ3v) is 1.47. The summed E-state index contributed by atoms with van der Waals surface area (Å²) in [6, 6.07) is 0. The fraction of sp³-hybridized carbons (Fsp3) is 0.429. The van der Waals surface area contributed by atoms with Gasteiger partial charge in [-0.05, 0) is 0 Å². The second-order valence-corrected chi connectivity index (χ2v) is 2.35. The molecule has 0 bridgehead atoms. The minimum Gasteiger partial charge on any atom is -0.475 e. The maximum Gasteiger partial charge on any atom is 0.349 e. The van der Waals surface area contributed by atoms with Crippen LogP contribution in [0.25, 0.3) is 0 Å². The molecule has 0 fully saturated rings. The van der Waals surface area contributed by atoms with Crippen LogP contribution in [-0.2, 0) is 4.74 Å².